The van der Waals surface area contributed by atoms with Gasteiger partial charge in [-0.3, -0.25) is 4.90 Å². The monoisotopic (exact) mass is 280 g/mol. The fraction of sp³-hybridized carbons (Fsp3) is 1.00. The third kappa shape index (κ3) is 3.06. The molecule has 118 valence electrons. The van der Waals surface area contributed by atoms with E-state index in [2.05, 4.69) is 39.5 Å². The number of hydrogen-bond acceptors (Lipinski definition) is 2. The van der Waals surface area contributed by atoms with Gasteiger partial charge in [-0.2, -0.15) is 0 Å². The van der Waals surface area contributed by atoms with Crippen LogP contribution in [0.3, 0.4) is 0 Å². The van der Waals surface area contributed by atoms with E-state index in [1.807, 2.05) is 0 Å². The second-order valence-corrected chi connectivity index (χ2v) is 8.72. The summed E-state index contributed by atoms with van der Waals surface area (Å²) in [6.45, 7) is 15.4. The highest BCUT2D eigenvalue weighted by molar-refractivity contribution is 5.01. The molecule has 2 aliphatic rings. The average Bonchev–Trinajstić information content (AvgIpc) is 2.39. The fourth-order valence-corrected chi connectivity index (χ4v) is 4.78. The molecular weight excluding hydrogens is 244 g/mol. The molecule has 0 aromatic carbocycles. The third-order valence-corrected chi connectivity index (χ3v) is 6.45. The first-order valence-corrected chi connectivity index (χ1v) is 8.74. The highest BCUT2D eigenvalue weighted by Gasteiger charge is 2.45. The minimum atomic E-state index is 0.301. The molecule has 20 heavy (non-hydrogen) atoms. The molecule has 1 aliphatic carbocycles. The van der Waals surface area contributed by atoms with E-state index in [-0.39, 0.29) is 0 Å². The Balaban J connectivity index is 2.03. The average molecular weight is 281 g/mol. The van der Waals surface area contributed by atoms with E-state index in [0.717, 1.165) is 24.3 Å². The zero-order valence-corrected chi connectivity index (χ0v) is 14.4. The molecule has 0 aromatic heterocycles. The molecule has 0 aromatic rings. The Bertz CT molecular complexity index is 312. The molecule has 0 bridgehead atoms. The van der Waals surface area contributed by atoms with Crippen LogP contribution in [0.15, 0.2) is 0 Å². The van der Waals surface area contributed by atoms with Crippen molar-refractivity contribution in [3.8, 4) is 0 Å². The molecule has 1 saturated carbocycles. The Morgan fingerprint density at radius 1 is 1.10 bits per heavy atom. The van der Waals surface area contributed by atoms with Gasteiger partial charge >= 0.3 is 0 Å². The van der Waals surface area contributed by atoms with Crippen LogP contribution < -0.4 is 5.73 Å². The summed E-state index contributed by atoms with van der Waals surface area (Å²) < 4.78 is 0. The minimum Gasteiger partial charge on any atom is -0.329 e. The first-order chi connectivity index (χ1) is 9.29. The van der Waals surface area contributed by atoms with Gasteiger partial charge in [-0.1, -0.05) is 34.6 Å². The summed E-state index contributed by atoms with van der Waals surface area (Å²) in [5, 5.41) is 0. The van der Waals surface area contributed by atoms with E-state index in [4.69, 9.17) is 5.73 Å². The number of likely N-dealkylation sites (tertiary alicyclic amines) is 1. The number of piperidine rings is 1. The normalized spacial score (nSPS) is 38.1. The van der Waals surface area contributed by atoms with Crippen molar-refractivity contribution in [2.24, 2.45) is 28.9 Å². The van der Waals surface area contributed by atoms with Crippen molar-refractivity contribution in [2.75, 3.05) is 19.6 Å². The van der Waals surface area contributed by atoms with Gasteiger partial charge in [-0.05, 0) is 68.4 Å². The second-order valence-electron chi connectivity index (χ2n) is 8.72. The van der Waals surface area contributed by atoms with Gasteiger partial charge in [0.25, 0.3) is 0 Å². The molecule has 0 amide bonds. The summed E-state index contributed by atoms with van der Waals surface area (Å²) in [7, 11) is 0. The van der Waals surface area contributed by atoms with Crippen molar-refractivity contribution in [2.45, 2.75) is 72.3 Å². The lowest BCUT2D eigenvalue weighted by Gasteiger charge is -2.54. The Morgan fingerprint density at radius 3 is 2.15 bits per heavy atom. The van der Waals surface area contributed by atoms with E-state index in [0.29, 0.717) is 11.0 Å². The molecule has 2 fully saturated rings. The van der Waals surface area contributed by atoms with Gasteiger partial charge in [-0.15, -0.1) is 0 Å². The zero-order valence-electron chi connectivity index (χ0n) is 14.4. The van der Waals surface area contributed by atoms with Gasteiger partial charge in [0.05, 0.1) is 0 Å². The SMILES string of the molecule is CC1CCC(CN)(N2CCC(C(C)(C)C)CC2)C(C)C1. The molecule has 1 saturated heterocycles. The van der Waals surface area contributed by atoms with Gasteiger partial charge in [0.1, 0.15) is 0 Å². The standard InChI is InChI=1S/C18H36N2/c1-14-6-9-18(13-19,15(2)12-14)20-10-7-16(8-11-20)17(3,4)5/h14-16H,6-13,19H2,1-5H3. The zero-order chi connectivity index (χ0) is 15.0. The van der Waals surface area contributed by atoms with Crippen molar-refractivity contribution < 1.29 is 0 Å². The number of nitrogens with zero attached hydrogens (tertiary/aromatic N) is 1. The van der Waals surface area contributed by atoms with Crippen LogP contribution >= 0.6 is 0 Å². The Kier molecular flexibility index (Phi) is 4.86. The Labute approximate surface area is 126 Å². The van der Waals surface area contributed by atoms with Crippen molar-refractivity contribution in [1.82, 2.24) is 4.90 Å². The van der Waals surface area contributed by atoms with Gasteiger partial charge < -0.3 is 5.73 Å². The first-order valence-electron chi connectivity index (χ1n) is 8.74. The lowest BCUT2D eigenvalue weighted by atomic mass is 9.67. The van der Waals surface area contributed by atoms with E-state index >= 15 is 0 Å². The summed E-state index contributed by atoms with van der Waals surface area (Å²) in [6.07, 6.45) is 6.74. The highest BCUT2D eigenvalue weighted by Crippen LogP contribution is 2.43. The topological polar surface area (TPSA) is 29.3 Å². The van der Waals surface area contributed by atoms with E-state index in [1.54, 1.807) is 0 Å². The van der Waals surface area contributed by atoms with Crippen LogP contribution in [-0.2, 0) is 0 Å². The lowest BCUT2D eigenvalue weighted by molar-refractivity contribution is -0.0316. The van der Waals surface area contributed by atoms with Crippen LogP contribution in [0.4, 0.5) is 0 Å². The van der Waals surface area contributed by atoms with Crippen molar-refractivity contribution in [3.63, 3.8) is 0 Å². The summed E-state index contributed by atoms with van der Waals surface area (Å²) in [5.41, 5.74) is 7.05. The number of rotatable bonds is 2. The number of nitrogens with two attached hydrogens (primary N) is 1. The lowest BCUT2D eigenvalue weighted by Crippen LogP contribution is -2.62. The maximum absolute atomic E-state index is 6.28. The molecule has 0 spiro atoms. The summed E-state index contributed by atoms with van der Waals surface area (Å²) >= 11 is 0. The largest absolute Gasteiger partial charge is 0.329 e. The summed E-state index contributed by atoms with van der Waals surface area (Å²) in [6, 6.07) is 0. The Hall–Kier alpha value is -0.0800. The molecule has 2 rings (SSSR count). The smallest absolute Gasteiger partial charge is 0.0357 e. The maximum atomic E-state index is 6.28. The summed E-state index contributed by atoms with van der Waals surface area (Å²) in [5.74, 6) is 2.52. The third-order valence-electron chi connectivity index (χ3n) is 6.45. The second kappa shape index (κ2) is 5.96. The minimum absolute atomic E-state index is 0.301. The van der Waals surface area contributed by atoms with E-state index in [9.17, 15) is 0 Å². The number of hydrogen-bond donors (Lipinski definition) is 1. The van der Waals surface area contributed by atoms with Crippen molar-refractivity contribution in [1.29, 1.82) is 0 Å². The van der Waals surface area contributed by atoms with Crippen LogP contribution in [0.5, 0.6) is 0 Å². The molecule has 3 atom stereocenters. The quantitative estimate of drug-likeness (QED) is 0.831. The predicted octanol–water partition coefficient (Wildman–Crippen LogP) is 3.90. The van der Waals surface area contributed by atoms with E-state index in [1.165, 1.54) is 45.2 Å². The van der Waals surface area contributed by atoms with Crippen LogP contribution in [-0.4, -0.2) is 30.1 Å². The molecular formula is C18H36N2. The van der Waals surface area contributed by atoms with Gasteiger partial charge in [0.2, 0.25) is 0 Å². The molecule has 1 aliphatic heterocycles. The van der Waals surface area contributed by atoms with Gasteiger partial charge in [0, 0.05) is 12.1 Å². The van der Waals surface area contributed by atoms with Crippen LogP contribution in [0.2, 0.25) is 0 Å². The van der Waals surface area contributed by atoms with Gasteiger partial charge in [-0.25, -0.2) is 0 Å². The maximum Gasteiger partial charge on any atom is 0.0357 e. The van der Waals surface area contributed by atoms with Crippen molar-refractivity contribution in [3.05, 3.63) is 0 Å². The first kappa shape index (κ1) is 16.3. The van der Waals surface area contributed by atoms with Crippen LogP contribution in [0.1, 0.15) is 66.7 Å². The molecule has 3 unspecified atom stereocenters. The predicted molar refractivity (Wildman–Crippen MR) is 87.7 cm³/mol. The van der Waals surface area contributed by atoms with Crippen molar-refractivity contribution >= 4 is 0 Å². The summed E-state index contributed by atoms with van der Waals surface area (Å²) in [4.78, 5) is 2.77. The molecule has 2 heteroatoms. The van der Waals surface area contributed by atoms with Gasteiger partial charge in [0.15, 0.2) is 0 Å². The molecule has 0 radical (unpaired) electrons. The molecule has 2 N–H and O–H groups in total. The van der Waals surface area contributed by atoms with Crippen LogP contribution in [0, 0.1) is 23.2 Å². The Morgan fingerprint density at radius 2 is 1.70 bits per heavy atom. The molecule has 1 heterocycles. The fourth-order valence-electron chi connectivity index (χ4n) is 4.78. The molecule has 2 nitrogen and oxygen atoms in total. The van der Waals surface area contributed by atoms with Crippen LogP contribution in [0.25, 0.3) is 0 Å². The highest BCUT2D eigenvalue weighted by atomic mass is 15.2. The van der Waals surface area contributed by atoms with E-state index < -0.39 is 0 Å².